The predicted molar refractivity (Wildman–Crippen MR) is 95.2 cm³/mol. The van der Waals surface area contributed by atoms with Gasteiger partial charge in [0.15, 0.2) is 5.96 Å². The average molecular weight is 415 g/mol. The van der Waals surface area contributed by atoms with Crippen molar-refractivity contribution in [3.63, 3.8) is 0 Å². The van der Waals surface area contributed by atoms with Crippen LogP contribution in [-0.2, 0) is 4.74 Å². The lowest BCUT2D eigenvalue weighted by molar-refractivity contribution is 0.0670. The molecule has 0 amide bonds. The van der Waals surface area contributed by atoms with Gasteiger partial charge in [-0.15, -0.1) is 24.0 Å². The van der Waals surface area contributed by atoms with Crippen LogP contribution in [-0.4, -0.2) is 61.5 Å². The number of rotatable bonds is 4. The van der Waals surface area contributed by atoms with Crippen molar-refractivity contribution >= 4 is 41.7 Å². The molecule has 2 rings (SSSR count). The zero-order chi connectivity index (χ0) is 13.6. The van der Waals surface area contributed by atoms with E-state index < -0.39 is 5.60 Å². The number of nitrogens with one attached hydrogen (secondary N) is 2. The molecule has 0 aliphatic carbocycles. The quantitative estimate of drug-likeness (QED) is 0.364. The van der Waals surface area contributed by atoms with E-state index in [0.717, 1.165) is 56.5 Å². The van der Waals surface area contributed by atoms with Gasteiger partial charge in [0.2, 0.25) is 0 Å². The Morgan fingerprint density at radius 3 is 2.75 bits per heavy atom. The van der Waals surface area contributed by atoms with E-state index in [1.165, 1.54) is 0 Å². The summed E-state index contributed by atoms with van der Waals surface area (Å²) in [6.07, 6.45) is 3.09. The van der Waals surface area contributed by atoms with E-state index in [4.69, 9.17) is 4.74 Å². The molecule has 7 heteroatoms. The van der Waals surface area contributed by atoms with E-state index in [1.807, 2.05) is 11.8 Å². The van der Waals surface area contributed by atoms with Crippen molar-refractivity contribution in [1.29, 1.82) is 0 Å². The van der Waals surface area contributed by atoms with Crippen molar-refractivity contribution in [2.75, 3.05) is 44.9 Å². The maximum Gasteiger partial charge on any atom is 0.191 e. The third-order valence-electron chi connectivity index (χ3n) is 3.79. The van der Waals surface area contributed by atoms with Gasteiger partial charge in [-0.3, -0.25) is 4.99 Å². The van der Waals surface area contributed by atoms with Crippen LogP contribution in [0.5, 0.6) is 0 Å². The first-order valence-electron chi connectivity index (χ1n) is 7.04. The van der Waals surface area contributed by atoms with Crippen molar-refractivity contribution in [3.8, 4) is 0 Å². The SMILES string of the molecule is CN=C(NCC1CCOCC1)NCC1(O)CCSC1.I. The van der Waals surface area contributed by atoms with Gasteiger partial charge in [0.05, 0.1) is 5.60 Å². The summed E-state index contributed by atoms with van der Waals surface area (Å²) in [4.78, 5) is 4.21. The van der Waals surface area contributed by atoms with Crippen molar-refractivity contribution in [2.24, 2.45) is 10.9 Å². The number of guanidine groups is 1. The lowest BCUT2D eigenvalue weighted by Gasteiger charge is -2.25. The summed E-state index contributed by atoms with van der Waals surface area (Å²) in [6, 6.07) is 0. The van der Waals surface area contributed by atoms with Gasteiger partial charge >= 0.3 is 0 Å². The fraction of sp³-hybridized carbons (Fsp3) is 0.923. The predicted octanol–water partition coefficient (Wildman–Crippen LogP) is 1.06. The fourth-order valence-electron chi connectivity index (χ4n) is 2.40. The molecular formula is C13H26IN3O2S. The summed E-state index contributed by atoms with van der Waals surface area (Å²) >= 11 is 1.81. The van der Waals surface area contributed by atoms with Crippen LogP contribution in [0.15, 0.2) is 4.99 Å². The summed E-state index contributed by atoms with van der Waals surface area (Å²) in [5.74, 6) is 3.32. The first-order valence-corrected chi connectivity index (χ1v) is 8.20. The van der Waals surface area contributed by atoms with Crippen molar-refractivity contribution in [1.82, 2.24) is 10.6 Å². The Hall–Kier alpha value is 0.270. The van der Waals surface area contributed by atoms with Gasteiger partial charge in [0.25, 0.3) is 0 Å². The van der Waals surface area contributed by atoms with E-state index in [2.05, 4.69) is 15.6 Å². The summed E-state index contributed by atoms with van der Waals surface area (Å²) in [7, 11) is 1.77. The van der Waals surface area contributed by atoms with Crippen LogP contribution < -0.4 is 10.6 Å². The number of hydrogen-bond acceptors (Lipinski definition) is 4. The highest BCUT2D eigenvalue weighted by atomic mass is 127. The summed E-state index contributed by atoms with van der Waals surface area (Å²) < 4.78 is 5.35. The Kier molecular flexibility index (Phi) is 8.54. The number of hydrogen-bond donors (Lipinski definition) is 3. The van der Waals surface area contributed by atoms with E-state index in [-0.39, 0.29) is 24.0 Å². The topological polar surface area (TPSA) is 65.9 Å². The second-order valence-electron chi connectivity index (χ2n) is 5.39. The minimum absolute atomic E-state index is 0. The molecule has 2 saturated heterocycles. The number of aliphatic imine (C=N–C) groups is 1. The summed E-state index contributed by atoms with van der Waals surface area (Å²) in [6.45, 7) is 3.24. The highest BCUT2D eigenvalue weighted by Crippen LogP contribution is 2.26. The third kappa shape index (κ3) is 5.95. The van der Waals surface area contributed by atoms with E-state index in [9.17, 15) is 5.11 Å². The Bertz CT molecular complexity index is 306. The number of thioether (sulfide) groups is 1. The first-order chi connectivity index (χ1) is 9.22. The molecule has 0 aromatic heterocycles. The zero-order valence-electron chi connectivity index (χ0n) is 12.1. The lowest BCUT2D eigenvalue weighted by atomic mass is 10.0. The van der Waals surface area contributed by atoms with Crippen molar-refractivity contribution in [3.05, 3.63) is 0 Å². The molecular weight excluding hydrogens is 389 g/mol. The Balaban J connectivity index is 0.00000200. The molecule has 2 heterocycles. The number of ether oxygens (including phenoxy) is 1. The second-order valence-corrected chi connectivity index (χ2v) is 6.49. The number of nitrogens with zero attached hydrogens (tertiary/aromatic N) is 1. The summed E-state index contributed by atoms with van der Waals surface area (Å²) in [5.41, 5.74) is -0.568. The normalized spacial score (nSPS) is 28.0. The lowest BCUT2D eigenvalue weighted by Crippen LogP contribution is -2.48. The molecule has 0 bridgehead atoms. The summed E-state index contributed by atoms with van der Waals surface area (Å²) in [5, 5.41) is 16.9. The minimum Gasteiger partial charge on any atom is -0.387 e. The Morgan fingerprint density at radius 2 is 2.15 bits per heavy atom. The smallest absolute Gasteiger partial charge is 0.191 e. The third-order valence-corrected chi connectivity index (χ3v) is 5.02. The second kappa shape index (κ2) is 9.32. The molecule has 0 radical (unpaired) electrons. The standard InChI is InChI=1S/C13H25N3O2S.HI/c1-14-12(15-8-11-2-5-18-6-3-11)16-9-13(17)4-7-19-10-13;/h11,17H,2-10H2,1H3,(H2,14,15,16);1H. The van der Waals surface area contributed by atoms with Gasteiger partial charge in [-0.05, 0) is 30.9 Å². The van der Waals surface area contributed by atoms with Gasteiger partial charge in [0, 0.05) is 39.1 Å². The van der Waals surface area contributed by atoms with E-state index in [1.54, 1.807) is 7.05 Å². The number of halogens is 1. The first kappa shape index (κ1) is 18.3. The Labute approximate surface area is 142 Å². The number of aliphatic hydroxyl groups is 1. The minimum atomic E-state index is -0.568. The molecule has 2 aliphatic rings. The maximum absolute atomic E-state index is 10.3. The molecule has 0 saturated carbocycles. The average Bonchev–Trinajstić information content (AvgIpc) is 2.87. The molecule has 0 aromatic rings. The highest BCUT2D eigenvalue weighted by molar-refractivity contribution is 14.0. The van der Waals surface area contributed by atoms with Crippen LogP contribution >= 0.6 is 35.7 Å². The van der Waals surface area contributed by atoms with Gasteiger partial charge in [-0.1, -0.05) is 0 Å². The van der Waals surface area contributed by atoms with Crippen molar-refractivity contribution in [2.45, 2.75) is 24.9 Å². The van der Waals surface area contributed by atoms with Gasteiger partial charge in [-0.2, -0.15) is 11.8 Å². The van der Waals surface area contributed by atoms with Crippen LogP contribution in [0.4, 0.5) is 0 Å². The molecule has 118 valence electrons. The van der Waals surface area contributed by atoms with Gasteiger partial charge in [-0.25, -0.2) is 0 Å². The largest absolute Gasteiger partial charge is 0.387 e. The van der Waals surface area contributed by atoms with E-state index >= 15 is 0 Å². The zero-order valence-corrected chi connectivity index (χ0v) is 15.2. The highest BCUT2D eigenvalue weighted by Gasteiger charge is 2.31. The molecule has 0 spiro atoms. The molecule has 1 unspecified atom stereocenters. The van der Waals surface area contributed by atoms with Crippen LogP contribution in [0.1, 0.15) is 19.3 Å². The monoisotopic (exact) mass is 415 g/mol. The molecule has 20 heavy (non-hydrogen) atoms. The maximum atomic E-state index is 10.3. The van der Waals surface area contributed by atoms with Gasteiger partial charge < -0.3 is 20.5 Å². The van der Waals surface area contributed by atoms with Crippen LogP contribution in [0.3, 0.4) is 0 Å². The van der Waals surface area contributed by atoms with Crippen LogP contribution in [0.25, 0.3) is 0 Å². The van der Waals surface area contributed by atoms with Gasteiger partial charge in [0.1, 0.15) is 0 Å². The fourth-order valence-corrected chi connectivity index (χ4v) is 3.69. The Morgan fingerprint density at radius 1 is 1.40 bits per heavy atom. The molecule has 3 N–H and O–H groups in total. The van der Waals surface area contributed by atoms with Crippen LogP contribution in [0.2, 0.25) is 0 Å². The molecule has 0 aromatic carbocycles. The van der Waals surface area contributed by atoms with E-state index in [0.29, 0.717) is 12.5 Å². The molecule has 2 aliphatic heterocycles. The molecule has 2 fully saturated rings. The van der Waals surface area contributed by atoms with Crippen molar-refractivity contribution < 1.29 is 9.84 Å². The molecule has 5 nitrogen and oxygen atoms in total. The molecule has 1 atom stereocenters. The van der Waals surface area contributed by atoms with Crippen LogP contribution in [0, 0.1) is 5.92 Å².